The Morgan fingerprint density at radius 3 is 1.62 bits per heavy atom. The maximum absolute atomic E-state index is 14.2. The van der Waals surface area contributed by atoms with E-state index in [1.54, 1.807) is 20.8 Å². The first-order chi connectivity index (χ1) is 36.5. The summed E-state index contributed by atoms with van der Waals surface area (Å²) in [6, 6.07) is -11.7. The first-order valence-corrected chi connectivity index (χ1v) is 25.1. The third-order valence-corrected chi connectivity index (χ3v) is 12.0. The molecule has 0 saturated carbocycles. The van der Waals surface area contributed by atoms with Gasteiger partial charge in [-0.05, 0) is 63.2 Å². The average Bonchev–Trinajstić information content (AvgIpc) is 3.85. The van der Waals surface area contributed by atoms with Crippen LogP contribution in [0.3, 0.4) is 0 Å². The number of carbonyl (C=O) groups excluding carboxylic acids is 10. The van der Waals surface area contributed by atoms with Crippen molar-refractivity contribution in [2.75, 3.05) is 26.2 Å². The highest BCUT2D eigenvalue weighted by molar-refractivity contribution is 5.98. The molecule has 78 heavy (non-hydrogen) atoms. The summed E-state index contributed by atoms with van der Waals surface area (Å²) >= 11 is 0. The molecule has 0 aliphatic carbocycles. The molecule has 0 aromatic carbocycles. The second-order valence-corrected chi connectivity index (χ2v) is 18.9. The smallest absolute Gasteiger partial charge is 0.326 e. The number of carboxylic acids is 4. The van der Waals surface area contributed by atoms with Crippen LogP contribution in [0.1, 0.15) is 111 Å². The van der Waals surface area contributed by atoms with Gasteiger partial charge in [0, 0.05) is 32.4 Å². The molecule has 0 aromatic rings. The van der Waals surface area contributed by atoms with Gasteiger partial charge in [0.1, 0.15) is 42.3 Å². The molecule has 1 rings (SSSR count). The Hall–Kier alpha value is -8.19. The topological polar surface area (TPSA) is 533 Å². The summed E-state index contributed by atoms with van der Waals surface area (Å²) < 4.78 is 0. The first-order valence-electron chi connectivity index (χ1n) is 25.1. The van der Waals surface area contributed by atoms with Crippen molar-refractivity contribution in [2.45, 2.75) is 160 Å². The van der Waals surface area contributed by atoms with Crippen LogP contribution in [0.25, 0.3) is 0 Å². The summed E-state index contributed by atoms with van der Waals surface area (Å²) in [5, 5.41) is 65.9. The van der Waals surface area contributed by atoms with Gasteiger partial charge in [-0.25, -0.2) is 4.79 Å². The molecule has 1 aliphatic heterocycles. The van der Waals surface area contributed by atoms with E-state index in [1.807, 2.05) is 0 Å². The molecule has 0 radical (unpaired) electrons. The average molecular weight is 1110 g/mol. The lowest BCUT2D eigenvalue weighted by Crippen LogP contribution is -2.59. The molecular formula is C46H76N14O18. The number of carboxylic acid groups (broad SMARTS) is 4. The van der Waals surface area contributed by atoms with Gasteiger partial charge in [0.15, 0.2) is 5.96 Å². The Balaban J connectivity index is 3.20. The quantitative estimate of drug-likeness (QED) is 0.0157. The molecule has 0 aromatic heterocycles. The maximum atomic E-state index is 14.2. The molecule has 1 fully saturated rings. The van der Waals surface area contributed by atoms with E-state index in [4.69, 9.17) is 27.7 Å². The Labute approximate surface area is 448 Å². The van der Waals surface area contributed by atoms with Gasteiger partial charge in [-0.2, -0.15) is 0 Å². The number of amides is 10. The van der Waals surface area contributed by atoms with Crippen LogP contribution in [-0.4, -0.2) is 189 Å². The second-order valence-electron chi connectivity index (χ2n) is 18.9. The van der Waals surface area contributed by atoms with E-state index >= 15 is 0 Å². The number of carbonyl (C=O) groups is 14. The van der Waals surface area contributed by atoms with Gasteiger partial charge >= 0.3 is 23.9 Å². The van der Waals surface area contributed by atoms with Crippen molar-refractivity contribution in [2.24, 2.45) is 29.0 Å². The Kier molecular flexibility index (Phi) is 30.0. The second kappa shape index (κ2) is 34.5. The molecule has 1 aliphatic rings. The maximum Gasteiger partial charge on any atom is 0.326 e. The number of primary amides is 1. The number of hydrogen-bond acceptors (Lipinski definition) is 16. The van der Waals surface area contributed by atoms with Gasteiger partial charge < -0.3 is 90.4 Å². The summed E-state index contributed by atoms with van der Waals surface area (Å²) in [5.41, 5.74) is 16.5. The number of nitrogens with zero attached hydrogens (tertiary/aromatic N) is 1. The molecule has 0 bridgehead atoms. The van der Waals surface area contributed by atoms with Crippen molar-refractivity contribution < 1.29 is 87.5 Å². The van der Waals surface area contributed by atoms with Gasteiger partial charge in [-0.1, -0.05) is 34.1 Å². The molecule has 32 nitrogen and oxygen atoms in total. The number of guanidine groups is 1. The van der Waals surface area contributed by atoms with E-state index < -0.39 is 195 Å². The predicted molar refractivity (Wildman–Crippen MR) is 270 cm³/mol. The van der Waals surface area contributed by atoms with E-state index in [2.05, 4.69) is 47.9 Å². The zero-order valence-corrected chi connectivity index (χ0v) is 44.0. The lowest BCUT2D eigenvalue weighted by molar-refractivity contribution is -0.144. The number of rotatable bonds is 37. The molecule has 32 heteroatoms. The van der Waals surface area contributed by atoms with Crippen molar-refractivity contribution in [3.05, 3.63) is 0 Å². The summed E-state index contributed by atoms with van der Waals surface area (Å²) in [6.07, 6.45) is -3.21. The third-order valence-electron chi connectivity index (χ3n) is 12.0. The fraction of sp³-hybridized carbons (Fsp3) is 0.674. The van der Waals surface area contributed by atoms with Gasteiger partial charge in [-0.3, -0.25) is 67.7 Å². The van der Waals surface area contributed by atoms with E-state index in [-0.39, 0.29) is 57.5 Å². The van der Waals surface area contributed by atoms with E-state index in [0.717, 1.165) is 4.90 Å². The third kappa shape index (κ3) is 26.0. The van der Waals surface area contributed by atoms with Gasteiger partial charge in [-0.15, -0.1) is 0 Å². The van der Waals surface area contributed by atoms with Gasteiger partial charge in [0.05, 0.1) is 25.6 Å². The number of hydrogen-bond donors (Lipinski definition) is 17. The number of nitrogens with one attached hydrogen (secondary N) is 10. The molecule has 0 unspecified atom stereocenters. The van der Waals surface area contributed by atoms with Crippen LogP contribution >= 0.6 is 0 Å². The molecular weight excluding hydrogens is 1040 g/mol. The van der Waals surface area contributed by atoms with Gasteiger partial charge in [0.2, 0.25) is 59.1 Å². The monoisotopic (exact) mass is 1110 g/mol. The SMILES string of the molecule is CC[C@H](C)[C@H](NC(=O)[C@H](CCC(=O)O)NC(=O)[C@H](CC(N)=O)NC(=O)CNC(=O)CNC(=O)[C@@H]1CCCN1C(=O)[C@H](CCCNC(=N)N)NC(=O)[C@H](CCC(=O)O)NC(=O)[C@H](CC(C)C)NC(=O)[C@@H](N)CCC(=O)O)C(=O)O. The van der Waals surface area contributed by atoms with E-state index in [1.165, 1.54) is 6.92 Å². The van der Waals surface area contributed by atoms with Crippen molar-refractivity contribution >= 4 is 88.9 Å². The Bertz CT molecular complexity index is 2200. The fourth-order valence-corrected chi connectivity index (χ4v) is 7.69. The standard InChI is InChI=1S/C46H76N14O18/c1-5-23(4)37(45(77)78)59-40(72)26(12-15-36(68)69)56-42(74)29(19-31(48)61)54-33(63)21-52-32(62)20-53-43(75)30-9-7-17-60(30)44(76)27(8-6-16-51-46(49)50)57-39(71)25(11-14-35(66)67)55-41(73)28(18-22(2)3)58-38(70)24(47)10-13-34(64)65/h22-30,37H,5-21,47H2,1-4H3,(H2,48,61)(H,52,62)(H,53,75)(H,54,63)(H,55,73)(H,56,74)(H,57,71)(H,58,70)(H,59,72)(H,64,65)(H,66,67)(H,68,69)(H,77,78)(H4,49,50,51)/t23-,24-,25-,26-,27-,28-,29-,30-,37-/m0/s1. The van der Waals surface area contributed by atoms with Crippen LogP contribution in [0.4, 0.5) is 0 Å². The molecule has 1 saturated heterocycles. The number of likely N-dealkylation sites (tertiary alicyclic amines) is 1. The summed E-state index contributed by atoms with van der Waals surface area (Å²) in [7, 11) is 0. The van der Waals surface area contributed by atoms with Crippen molar-refractivity contribution in [1.82, 2.24) is 52.8 Å². The highest BCUT2D eigenvalue weighted by Crippen LogP contribution is 2.20. The fourth-order valence-electron chi connectivity index (χ4n) is 7.69. The molecule has 10 amide bonds. The van der Waals surface area contributed by atoms with Gasteiger partial charge in [0.25, 0.3) is 0 Å². The summed E-state index contributed by atoms with van der Waals surface area (Å²) in [6.45, 7) is 5.05. The zero-order valence-electron chi connectivity index (χ0n) is 44.0. The number of nitrogens with two attached hydrogens (primary N) is 3. The van der Waals surface area contributed by atoms with E-state index in [0.29, 0.717) is 6.42 Å². The minimum Gasteiger partial charge on any atom is -0.481 e. The minimum atomic E-state index is -1.78. The largest absolute Gasteiger partial charge is 0.481 e. The van der Waals surface area contributed by atoms with E-state index in [9.17, 15) is 82.4 Å². The van der Waals surface area contributed by atoms with Crippen molar-refractivity contribution in [3.8, 4) is 0 Å². The van der Waals surface area contributed by atoms with Crippen LogP contribution < -0.4 is 65.1 Å². The molecule has 9 atom stereocenters. The van der Waals surface area contributed by atoms with Crippen LogP contribution in [0.15, 0.2) is 0 Å². The Morgan fingerprint density at radius 1 is 0.603 bits per heavy atom. The molecule has 20 N–H and O–H groups in total. The lowest BCUT2D eigenvalue weighted by atomic mass is 9.98. The zero-order chi connectivity index (χ0) is 59.4. The molecule has 438 valence electrons. The summed E-state index contributed by atoms with van der Waals surface area (Å²) in [5.74, 6) is -16.4. The molecule has 0 spiro atoms. The minimum absolute atomic E-state index is 0.0126. The van der Waals surface area contributed by atoms with Crippen LogP contribution in [0.2, 0.25) is 0 Å². The predicted octanol–water partition coefficient (Wildman–Crippen LogP) is -5.64. The summed E-state index contributed by atoms with van der Waals surface area (Å²) in [4.78, 5) is 179. The molecule has 1 heterocycles. The van der Waals surface area contributed by atoms with Crippen LogP contribution in [-0.2, 0) is 67.1 Å². The Morgan fingerprint density at radius 2 is 1.10 bits per heavy atom. The lowest BCUT2D eigenvalue weighted by Gasteiger charge is -2.30. The van der Waals surface area contributed by atoms with Crippen molar-refractivity contribution in [3.63, 3.8) is 0 Å². The number of aliphatic carboxylic acids is 4. The highest BCUT2D eigenvalue weighted by atomic mass is 16.4. The first kappa shape index (κ1) is 67.8. The van der Waals surface area contributed by atoms with Crippen LogP contribution in [0.5, 0.6) is 0 Å². The van der Waals surface area contributed by atoms with Crippen molar-refractivity contribution in [1.29, 1.82) is 5.41 Å². The normalized spacial score (nSPS) is 15.9. The van der Waals surface area contributed by atoms with Crippen LogP contribution in [0, 0.1) is 17.2 Å². The highest BCUT2D eigenvalue weighted by Gasteiger charge is 2.39.